The Morgan fingerprint density at radius 3 is 2.43 bits per heavy atom. The van der Waals surface area contributed by atoms with Gasteiger partial charge < -0.3 is 21.3 Å². The number of halogens is 3. The van der Waals surface area contributed by atoms with Crippen LogP contribution in [0.25, 0.3) is 0 Å². The second kappa shape index (κ2) is 11.4. The topological polar surface area (TPSA) is 95.2 Å². The van der Waals surface area contributed by atoms with Crippen LogP contribution in [0.3, 0.4) is 0 Å². The van der Waals surface area contributed by atoms with E-state index in [1.807, 2.05) is 0 Å². The molecular formula is C27H28F3N5O2. The molecule has 0 bridgehead atoms. The van der Waals surface area contributed by atoms with Crippen molar-refractivity contribution in [2.75, 3.05) is 35.6 Å². The van der Waals surface area contributed by atoms with Crippen LogP contribution >= 0.6 is 0 Å². The number of piperidine rings is 1. The number of rotatable bonds is 7. The molecule has 194 valence electrons. The number of amides is 2. The summed E-state index contributed by atoms with van der Waals surface area (Å²) in [6.45, 7) is 4.61. The van der Waals surface area contributed by atoms with Gasteiger partial charge in [-0.05, 0) is 80.7 Å². The lowest BCUT2D eigenvalue weighted by Crippen LogP contribution is -2.31. The molecule has 2 heterocycles. The maximum absolute atomic E-state index is 13.0. The maximum atomic E-state index is 13.0. The number of aryl methyl sites for hydroxylation is 1. The first-order valence-electron chi connectivity index (χ1n) is 12.0. The molecule has 0 radical (unpaired) electrons. The number of pyridine rings is 1. The number of hydrogen-bond donors (Lipinski definition) is 4. The molecule has 37 heavy (non-hydrogen) atoms. The van der Waals surface area contributed by atoms with Crippen LogP contribution in [0, 0.1) is 12.8 Å². The highest BCUT2D eigenvalue weighted by atomic mass is 19.4. The van der Waals surface area contributed by atoms with E-state index in [9.17, 15) is 22.8 Å². The van der Waals surface area contributed by atoms with E-state index in [0.717, 1.165) is 50.3 Å². The molecule has 0 aliphatic carbocycles. The van der Waals surface area contributed by atoms with E-state index in [4.69, 9.17) is 0 Å². The summed E-state index contributed by atoms with van der Waals surface area (Å²) >= 11 is 0. The monoisotopic (exact) mass is 511 g/mol. The molecule has 1 fully saturated rings. The Kier molecular flexibility index (Phi) is 8.08. The second-order valence-electron chi connectivity index (χ2n) is 9.05. The van der Waals surface area contributed by atoms with Crippen molar-refractivity contribution >= 4 is 28.9 Å². The van der Waals surface area contributed by atoms with E-state index in [0.29, 0.717) is 22.7 Å². The van der Waals surface area contributed by atoms with Crippen molar-refractivity contribution in [1.82, 2.24) is 10.3 Å². The molecule has 2 amide bonds. The first-order valence-corrected chi connectivity index (χ1v) is 12.0. The summed E-state index contributed by atoms with van der Waals surface area (Å²) in [5.74, 6) is -0.529. The van der Waals surface area contributed by atoms with Crippen molar-refractivity contribution in [3.8, 4) is 0 Å². The number of carbonyl (C=O) groups excluding carboxylic acids is 2. The Hall–Kier alpha value is -3.92. The molecule has 1 aliphatic rings. The average molecular weight is 512 g/mol. The van der Waals surface area contributed by atoms with Gasteiger partial charge in [0.1, 0.15) is 0 Å². The summed E-state index contributed by atoms with van der Waals surface area (Å²) in [4.78, 5) is 29.8. The van der Waals surface area contributed by atoms with Gasteiger partial charge in [0.2, 0.25) is 0 Å². The summed E-state index contributed by atoms with van der Waals surface area (Å²) in [5.41, 5.74) is 1.53. The zero-order valence-electron chi connectivity index (χ0n) is 20.3. The number of anilines is 3. The number of nitrogens with zero attached hydrogens (tertiary/aromatic N) is 1. The Bertz CT molecular complexity index is 1270. The molecule has 4 N–H and O–H groups in total. The van der Waals surface area contributed by atoms with Crippen LogP contribution in [0.5, 0.6) is 0 Å². The molecule has 1 saturated heterocycles. The molecule has 10 heteroatoms. The zero-order chi connectivity index (χ0) is 26.4. The number of nitrogens with one attached hydrogen (secondary N) is 4. The summed E-state index contributed by atoms with van der Waals surface area (Å²) in [6, 6.07) is 10.7. The highest BCUT2D eigenvalue weighted by Gasteiger charge is 2.31. The van der Waals surface area contributed by atoms with Gasteiger partial charge in [-0.15, -0.1) is 0 Å². The number of benzene rings is 2. The van der Waals surface area contributed by atoms with Gasteiger partial charge in [-0.2, -0.15) is 13.2 Å². The van der Waals surface area contributed by atoms with Crippen LogP contribution < -0.4 is 21.3 Å². The van der Waals surface area contributed by atoms with E-state index in [1.165, 1.54) is 18.2 Å². The van der Waals surface area contributed by atoms with E-state index >= 15 is 0 Å². The Labute approximate surface area is 212 Å². The van der Waals surface area contributed by atoms with Crippen LogP contribution in [0.2, 0.25) is 0 Å². The third kappa shape index (κ3) is 7.07. The van der Waals surface area contributed by atoms with E-state index in [-0.39, 0.29) is 11.3 Å². The van der Waals surface area contributed by atoms with Crippen molar-refractivity contribution in [3.63, 3.8) is 0 Å². The summed E-state index contributed by atoms with van der Waals surface area (Å²) in [7, 11) is 0. The molecule has 7 nitrogen and oxygen atoms in total. The van der Waals surface area contributed by atoms with Crippen LogP contribution in [0.4, 0.5) is 30.2 Å². The van der Waals surface area contributed by atoms with Gasteiger partial charge in [0.15, 0.2) is 0 Å². The number of alkyl halides is 3. The van der Waals surface area contributed by atoms with Gasteiger partial charge in [0.05, 0.1) is 29.3 Å². The standard InChI is InChI=1S/C27H28F3N5O2/c1-17-5-6-21(34-25(36)19-3-2-4-20(11-19)27(28,29)30)13-24(17)26(37)35-23-12-22(15-32-16-23)33-14-18-7-9-31-10-8-18/h2-6,11-13,15-16,18,31,33H,7-10,14H2,1H3,(H,34,36)(H,35,37). The first-order chi connectivity index (χ1) is 17.7. The molecule has 0 spiro atoms. The molecule has 0 saturated carbocycles. The minimum Gasteiger partial charge on any atom is -0.383 e. The first kappa shape index (κ1) is 26.2. The normalized spacial score (nSPS) is 14.2. The highest BCUT2D eigenvalue weighted by molar-refractivity contribution is 6.08. The molecule has 1 aromatic heterocycles. The molecular weight excluding hydrogens is 483 g/mol. The Morgan fingerprint density at radius 1 is 0.946 bits per heavy atom. The van der Waals surface area contributed by atoms with Crippen molar-refractivity contribution in [2.24, 2.45) is 5.92 Å². The van der Waals surface area contributed by atoms with E-state index < -0.39 is 23.6 Å². The quantitative estimate of drug-likeness (QED) is 0.344. The van der Waals surface area contributed by atoms with Gasteiger partial charge in [-0.1, -0.05) is 12.1 Å². The lowest BCUT2D eigenvalue weighted by atomic mass is 9.98. The van der Waals surface area contributed by atoms with Gasteiger partial charge in [-0.25, -0.2) is 0 Å². The van der Waals surface area contributed by atoms with Gasteiger partial charge in [-0.3, -0.25) is 14.6 Å². The SMILES string of the molecule is Cc1ccc(NC(=O)c2cccc(C(F)(F)F)c2)cc1C(=O)Nc1cncc(NCC2CCNCC2)c1. The van der Waals surface area contributed by atoms with Crippen LogP contribution in [0.15, 0.2) is 60.9 Å². The number of hydrogen-bond acceptors (Lipinski definition) is 5. The molecule has 3 aromatic rings. The van der Waals surface area contributed by atoms with Gasteiger partial charge in [0, 0.05) is 23.4 Å². The van der Waals surface area contributed by atoms with Gasteiger partial charge >= 0.3 is 6.18 Å². The van der Waals surface area contributed by atoms with Gasteiger partial charge in [0.25, 0.3) is 11.8 Å². The lowest BCUT2D eigenvalue weighted by Gasteiger charge is -2.23. The predicted molar refractivity (Wildman–Crippen MR) is 137 cm³/mol. The molecule has 0 atom stereocenters. The number of carbonyl (C=O) groups is 2. The molecule has 0 unspecified atom stereocenters. The van der Waals surface area contributed by atoms with Crippen LogP contribution in [-0.4, -0.2) is 36.4 Å². The predicted octanol–water partition coefficient (Wildman–Crippen LogP) is 5.32. The largest absolute Gasteiger partial charge is 0.416 e. The molecule has 4 rings (SSSR count). The molecule has 1 aliphatic heterocycles. The van der Waals surface area contributed by atoms with Crippen molar-refractivity contribution < 1.29 is 22.8 Å². The second-order valence-corrected chi connectivity index (χ2v) is 9.05. The summed E-state index contributed by atoms with van der Waals surface area (Å²) in [6.07, 6.45) is 0.905. The van der Waals surface area contributed by atoms with Crippen molar-refractivity contribution in [2.45, 2.75) is 25.9 Å². The Morgan fingerprint density at radius 2 is 1.68 bits per heavy atom. The van der Waals surface area contributed by atoms with Crippen LogP contribution in [0.1, 0.15) is 44.7 Å². The summed E-state index contributed by atoms with van der Waals surface area (Å²) in [5, 5.41) is 12.1. The van der Waals surface area contributed by atoms with Crippen molar-refractivity contribution in [1.29, 1.82) is 0 Å². The minimum atomic E-state index is -4.56. The lowest BCUT2D eigenvalue weighted by molar-refractivity contribution is -0.137. The zero-order valence-corrected chi connectivity index (χ0v) is 20.3. The third-order valence-electron chi connectivity index (χ3n) is 6.24. The Balaban J connectivity index is 1.42. The molecule has 2 aromatic carbocycles. The average Bonchev–Trinajstić information content (AvgIpc) is 2.89. The fraction of sp³-hybridized carbons (Fsp3) is 0.296. The fourth-order valence-electron chi connectivity index (χ4n) is 4.14. The smallest absolute Gasteiger partial charge is 0.383 e. The van der Waals surface area contributed by atoms with E-state index in [1.54, 1.807) is 37.5 Å². The van der Waals surface area contributed by atoms with Crippen molar-refractivity contribution in [3.05, 3.63) is 83.2 Å². The maximum Gasteiger partial charge on any atom is 0.416 e. The minimum absolute atomic E-state index is 0.138. The fourth-order valence-corrected chi connectivity index (χ4v) is 4.14. The van der Waals surface area contributed by atoms with E-state index in [2.05, 4.69) is 26.3 Å². The third-order valence-corrected chi connectivity index (χ3v) is 6.24. The highest BCUT2D eigenvalue weighted by Crippen LogP contribution is 2.30. The summed E-state index contributed by atoms with van der Waals surface area (Å²) < 4.78 is 39.0. The number of aromatic nitrogens is 1. The van der Waals surface area contributed by atoms with Crippen LogP contribution in [-0.2, 0) is 6.18 Å².